The van der Waals surface area contributed by atoms with Gasteiger partial charge in [0.1, 0.15) is 0 Å². The third kappa shape index (κ3) is 8.78. The molecule has 2 unspecified atom stereocenters. The van der Waals surface area contributed by atoms with E-state index in [9.17, 15) is 0 Å². The highest BCUT2D eigenvalue weighted by Crippen LogP contribution is 2.30. The molecule has 2 nitrogen and oxygen atoms in total. The molecular weight excluding hydrogens is 154 g/mol. The second-order valence-electron chi connectivity index (χ2n) is 2.12. The Bertz CT molecular complexity index is 58.0. The molecule has 0 saturated carbocycles. The third-order valence-corrected chi connectivity index (χ3v) is 2.89. The number of hydrogen-bond donors (Lipinski definition) is 2. The standard InChI is InChI=1S/C5H14O2P2/c1-8(6)4-3-5-9(2)7/h6-7H,3-5H2,1-2H3. The molecule has 0 amide bonds. The average Bonchev–Trinajstić information content (AvgIpc) is 1.63. The first-order valence-electron chi connectivity index (χ1n) is 2.93. The van der Waals surface area contributed by atoms with Crippen LogP contribution in [-0.4, -0.2) is 35.4 Å². The molecule has 0 saturated heterocycles. The van der Waals surface area contributed by atoms with Gasteiger partial charge in [0.15, 0.2) is 0 Å². The summed E-state index contributed by atoms with van der Waals surface area (Å²) in [5, 5.41) is 0. The van der Waals surface area contributed by atoms with E-state index in [1.54, 1.807) is 0 Å². The first-order valence-corrected chi connectivity index (χ1v) is 6.78. The van der Waals surface area contributed by atoms with Gasteiger partial charge in [-0.05, 0) is 32.1 Å². The third-order valence-electron chi connectivity index (χ3n) is 0.963. The lowest BCUT2D eigenvalue weighted by Crippen LogP contribution is -1.87. The van der Waals surface area contributed by atoms with Gasteiger partial charge in [-0.1, -0.05) is 0 Å². The van der Waals surface area contributed by atoms with Gasteiger partial charge in [0, 0.05) is 16.3 Å². The van der Waals surface area contributed by atoms with Crippen LogP contribution in [0.4, 0.5) is 0 Å². The maximum Gasteiger partial charge on any atom is 0.0219 e. The van der Waals surface area contributed by atoms with E-state index in [0.717, 1.165) is 18.7 Å². The van der Waals surface area contributed by atoms with Crippen LogP contribution in [0.2, 0.25) is 0 Å². The van der Waals surface area contributed by atoms with Gasteiger partial charge in [-0.2, -0.15) is 0 Å². The second kappa shape index (κ2) is 5.56. The van der Waals surface area contributed by atoms with Crippen LogP contribution < -0.4 is 0 Å². The smallest absolute Gasteiger partial charge is 0.0219 e. The summed E-state index contributed by atoms with van der Waals surface area (Å²) >= 11 is 0. The predicted octanol–water partition coefficient (Wildman–Crippen LogP) is 1.41. The van der Waals surface area contributed by atoms with Crippen molar-refractivity contribution in [2.24, 2.45) is 0 Å². The molecule has 0 bridgehead atoms. The Morgan fingerprint density at radius 3 is 1.56 bits per heavy atom. The molecule has 0 fully saturated rings. The highest BCUT2D eigenvalue weighted by Gasteiger charge is 1.97. The molecule has 0 aromatic rings. The zero-order chi connectivity index (χ0) is 7.28. The van der Waals surface area contributed by atoms with Gasteiger partial charge < -0.3 is 9.79 Å². The Morgan fingerprint density at radius 2 is 1.33 bits per heavy atom. The lowest BCUT2D eigenvalue weighted by molar-refractivity contribution is 0.621. The van der Waals surface area contributed by atoms with Crippen molar-refractivity contribution in [1.82, 2.24) is 0 Å². The summed E-state index contributed by atoms with van der Waals surface area (Å²) in [5.41, 5.74) is 0. The van der Waals surface area contributed by atoms with Gasteiger partial charge in [-0.3, -0.25) is 0 Å². The minimum atomic E-state index is -0.732. The lowest BCUT2D eigenvalue weighted by atomic mass is 10.6. The molecule has 0 aromatic carbocycles. The minimum absolute atomic E-state index is 0.732. The highest BCUT2D eigenvalue weighted by atomic mass is 31.1. The Labute approximate surface area is 59.0 Å². The molecule has 4 heteroatoms. The molecule has 9 heavy (non-hydrogen) atoms. The lowest BCUT2D eigenvalue weighted by Gasteiger charge is -2.04. The molecule has 0 heterocycles. The Hall–Kier alpha value is 0.780. The van der Waals surface area contributed by atoms with Gasteiger partial charge in [-0.15, -0.1) is 0 Å². The van der Waals surface area contributed by atoms with Gasteiger partial charge in [0.2, 0.25) is 0 Å². The van der Waals surface area contributed by atoms with E-state index >= 15 is 0 Å². The zero-order valence-electron chi connectivity index (χ0n) is 5.91. The quantitative estimate of drug-likeness (QED) is 0.623. The van der Waals surface area contributed by atoms with Crippen LogP contribution >= 0.6 is 16.3 Å². The molecule has 2 N–H and O–H groups in total. The van der Waals surface area contributed by atoms with E-state index in [1.165, 1.54) is 0 Å². The largest absolute Gasteiger partial charge is 0.374 e. The Balaban J connectivity index is 2.91. The second-order valence-corrected chi connectivity index (χ2v) is 5.64. The van der Waals surface area contributed by atoms with Crippen LogP contribution in [0, 0.1) is 0 Å². The van der Waals surface area contributed by atoms with Crippen molar-refractivity contribution in [3.05, 3.63) is 0 Å². The van der Waals surface area contributed by atoms with Crippen molar-refractivity contribution in [2.45, 2.75) is 6.42 Å². The number of rotatable bonds is 4. The fraction of sp³-hybridized carbons (Fsp3) is 1.00. The van der Waals surface area contributed by atoms with E-state index in [2.05, 4.69) is 0 Å². The van der Waals surface area contributed by atoms with Crippen LogP contribution in [0.1, 0.15) is 6.42 Å². The zero-order valence-corrected chi connectivity index (χ0v) is 7.70. The molecule has 0 aromatic heterocycles. The fourth-order valence-corrected chi connectivity index (χ4v) is 2.01. The van der Waals surface area contributed by atoms with Crippen molar-refractivity contribution in [3.8, 4) is 0 Å². The fourth-order valence-electron chi connectivity index (χ4n) is 0.528. The maximum absolute atomic E-state index is 8.86. The Morgan fingerprint density at radius 1 is 1.00 bits per heavy atom. The van der Waals surface area contributed by atoms with Crippen molar-refractivity contribution in [2.75, 3.05) is 25.7 Å². The molecule has 0 aliphatic rings. The van der Waals surface area contributed by atoms with Crippen molar-refractivity contribution in [3.63, 3.8) is 0 Å². The van der Waals surface area contributed by atoms with E-state index in [0.29, 0.717) is 0 Å². The highest BCUT2D eigenvalue weighted by molar-refractivity contribution is 7.51. The summed E-state index contributed by atoms with van der Waals surface area (Å²) in [6.45, 7) is 3.68. The topological polar surface area (TPSA) is 40.5 Å². The maximum atomic E-state index is 8.86. The Kier molecular flexibility index (Phi) is 6.04. The van der Waals surface area contributed by atoms with Gasteiger partial charge in [-0.25, -0.2) is 0 Å². The molecule has 0 rings (SSSR count). The first kappa shape index (κ1) is 9.78. The van der Waals surface area contributed by atoms with Gasteiger partial charge >= 0.3 is 0 Å². The van der Waals surface area contributed by atoms with Crippen molar-refractivity contribution >= 4 is 16.3 Å². The summed E-state index contributed by atoms with van der Waals surface area (Å²) < 4.78 is 0. The van der Waals surface area contributed by atoms with Gasteiger partial charge in [0.25, 0.3) is 0 Å². The van der Waals surface area contributed by atoms with Crippen LogP contribution in [0.25, 0.3) is 0 Å². The summed E-state index contributed by atoms with van der Waals surface area (Å²) in [4.78, 5) is 17.7. The molecule has 2 atom stereocenters. The van der Waals surface area contributed by atoms with E-state index in [1.807, 2.05) is 13.3 Å². The summed E-state index contributed by atoms with van der Waals surface area (Å²) in [6.07, 6.45) is 2.72. The normalized spacial score (nSPS) is 17.3. The van der Waals surface area contributed by atoms with Crippen molar-refractivity contribution < 1.29 is 9.79 Å². The molecule has 0 radical (unpaired) electrons. The SMILES string of the molecule is CP(O)CCCP(C)O. The number of hydrogen-bond acceptors (Lipinski definition) is 2. The summed E-state index contributed by atoms with van der Waals surface area (Å²) in [6, 6.07) is 0. The van der Waals surface area contributed by atoms with E-state index < -0.39 is 16.3 Å². The molecule has 0 aliphatic heterocycles. The molecule has 0 spiro atoms. The average molecular weight is 168 g/mol. The minimum Gasteiger partial charge on any atom is -0.374 e. The molecular formula is C5H14O2P2. The van der Waals surface area contributed by atoms with E-state index in [-0.39, 0.29) is 0 Å². The first-order chi connectivity index (χ1) is 4.13. The van der Waals surface area contributed by atoms with Crippen LogP contribution in [-0.2, 0) is 0 Å². The van der Waals surface area contributed by atoms with Gasteiger partial charge in [0.05, 0.1) is 0 Å². The van der Waals surface area contributed by atoms with Crippen molar-refractivity contribution in [1.29, 1.82) is 0 Å². The summed E-state index contributed by atoms with van der Waals surface area (Å²) in [7, 11) is -1.46. The van der Waals surface area contributed by atoms with E-state index in [4.69, 9.17) is 9.79 Å². The molecule has 0 aliphatic carbocycles. The van der Waals surface area contributed by atoms with Crippen LogP contribution in [0.15, 0.2) is 0 Å². The summed E-state index contributed by atoms with van der Waals surface area (Å²) in [5.74, 6) is 0. The predicted molar refractivity (Wildman–Crippen MR) is 44.5 cm³/mol. The van der Waals surface area contributed by atoms with Crippen LogP contribution in [0.3, 0.4) is 0 Å². The van der Waals surface area contributed by atoms with Crippen LogP contribution in [0.5, 0.6) is 0 Å². The molecule has 56 valence electrons. The monoisotopic (exact) mass is 168 g/mol.